The molecule has 2 fully saturated rings. The molecule has 1 aromatic heterocycles. The van der Waals surface area contributed by atoms with Crippen molar-refractivity contribution in [3.8, 4) is 0 Å². The summed E-state index contributed by atoms with van der Waals surface area (Å²) in [6, 6.07) is 5.73. The minimum absolute atomic E-state index is 0.00618. The van der Waals surface area contributed by atoms with Crippen LogP contribution in [0.2, 0.25) is 0 Å². The highest BCUT2D eigenvalue weighted by molar-refractivity contribution is 5.85. The number of pyridine rings is 1. The van der Waals surface area contributed by atoms with Gasteiger partial charge in [0.25, 0.3) is 0 Å². The van der Waals surface area contributed by atoms with Gasteiger partial charge in [0.2, 0.25) is 11.8 Å². The Hall–Kier alpha value is -2.15. The van der Waals surface area contributed by atoms with E-state index in [1.54, 1.807) is 9.80 Å². The molecule has 0 aromatic carbocycles. The molecule has 0 saturated carbocycles. The van der Waals surface area contributed by atoms with E-state index >= 15 is 0 Å². The van der Waals surface area contributed by atoms with Crippen LogP contribution in [-0.2, 0) is 14.3 Å². The fourth-order valence-corrected chi connectivity index (χ4v) is 3.29. The normalized spacial score (nSPS) is 21.8. The van der Waals surface area contributed by atoms with Crippen LogP contribution in [0.1, 0.15) is 37.5 Å². The molecular weight excluding hydrogens is 320 g/mol. The Labute approximate surface area is 148 Å². The molecule has 0 radical (unpaired) electrons. The van der Waals surface area contributed by atoms with Gasteiger partial charge in [-0.25, -0.2) is 4.98 Å². The number of hydrogen-bond acceptors (Lipinski definition) is 5. The van der Waals surface area contributed by atoms with Crippen molar-refractivity contribution in [3.63, 3.8) is 0 Å². The van der Waals surface area contributed by atoms with Crippen molar-refractivity contribution in [2.75, 3.05) is 45.2 Å². The first-order valence-corrected chi connectivity index (χ1v) is 8.99. The van der Waals surface area contributed by atoms with Gasteiger partial charge in [-0.2, -0.15) is 0 Å². The summed E-state index contributed by atoms with van der Waals surface area (Å²) in [4.78, 5) is 32.8. The molecule has 3 rings (SSSR count). The Morgan fingerprint density at radius 1 is 1.32 bits per heavy atom. The number of likely N-dealkylation sites (tertiary alicyclic amines) is 1. The number of aromatic nitrogens is 1. The molecule has 7 nitrogen and oxygen atoms in total. The molecule has 7 heteroatoms. The third-order valence-electron chi connectivity index (χ3n) is 4.77. The number of ether oxygens (including phenoxy) is 1. The van der Waals surface area contributed by atoms with Crippen molar-refractivity contribution < 1.29 is 14.3 Å². The summed E-state index contributed by atoms with van der Waals surface area (Å²) in [5, 5.41) is 3.01. The highest BCUT2D eigenvalue weighted by Gasteiger charge is 2.28. The van der Waals surface area contributed by atoms with Gasteiger partial charge < -0.3 is 19.9 Å². The predicted octanol–water partition coefficient (Wildman–Crippen LogP) is 1.43. The molecular formula is C18H26N4O3. The summed E-state index contributed by atoms with van der Waals surface area (Å²) in [5.74, 6) is 0.868. The molecule has 136 valence electrons. The molecule has 2 saturated heterocycles. The summed E-state index contributed by atoms with van der Waals surface area (Å²) >= 11 is 0. The summed E-state index contributed by atoms with van der Waals surface area (Å²) in [5.41, 5.74) is 0.815. The van der Waals surface area contributed by atoms with Gasteiger partial charge >= 0.3 is 0 Å². The minimum atomic E-state index is -0.231. The quantitative estimate of drug-likeness (QED) is 0.893. The monoisotopic (exact) mass is 346 g/mol. The van der Waals surface area contributed by atoms with Gasteiger partial charge in [0.1, 0.15) is 11.9 Å². The van der Waals surface area contributed by atoms with E-state index in [1.807, 2.05) is 25.2 Å². The summed E-state index contributed by atoms with van der Waals surface area (Å²) < 4.78 is 5.81. The second kappa shape index (κ2) is 8.29. The molecule has 0 unspecified atom stereocenters. The van der Waals surface area contributed by atoms with Gasteiger partial charge in [0.05, 0.1) is 25.4 Å². The van der Waals surface area contributed by atoms with Gasteiger partial charge in [-0.05, 0) is 25.0 Å². The summed E-state index contributed by atoms with van der Waals surface area (Å²) in [7, 11) is 1.82. The average molecular weight is 346 g/mol. The van der Waals surface area contributed by atoms with Crippen LogP contribution in [0.3, 0.4) is 0 Å². The van der Waals surface area contributed by atoms with Crippen molar-refractivity contribution in [2.45, 2.75) is 31.8 Å². The van der Waals surface area contributed by atoms with Crippen LogP contribution in [-0.4, -0.2) is 66.4 Å². The lowest BCUT2D eigenvalue weighted by Crippen LogP contribution is -2.47. The lowest BCUT2D eigenvalue weighted by Gasteiger charge is -2.34. The van der Waals surface area contributed by atoms with Gasteiger partial charge in [-0.3, -0.25) is 9.59 Å². The smallest absolute Gasteiger partial charge is 0.242 e. The Morgan fingerprint density at radius 2 is 2.20 bits per heavy atom. The van der Waals surface area contributed by atoms with E-state index < -0.39 is 0 Å². The van der Waals surface area contributed by atoms with Crippen LogP contribution in [0.15, 0.2) is 18.2 Å². The SMILES string of the molecule is CNc1cccc([C@H]2CN(C(=O)CN3CCCCCC3=O)CCO2)n1. The Kier molecular flexibility index (Phi) is 5.86. The minimum Gasteiger partial charge on any atom is -0.373 e. The second-order valence-corrected chi connectivity index (χ2v) is 6.52. The lowest BCUT2D eigenvalue weighted by atomic mass is 10.2. The predicted molar refractivity (Wildman–Crippen MR) is 94.1 cm³/mol. The van der Waals surface area contributed by atoms with Crippen LogP contribution in [0.25, 0.3) is 0 Å². The number of morpholine rings is 1. The van der Waals surface area contributed by atoms with Crippen LogP contribution in [0, 0.1) is 0 Å². The number of carbonyl (C=O) groups is 2. The number of nitrogens with zero attached hydrogens (tertiary/aromatic N) is 3. The average Bonchev–Trinajstić information content (AvgIpc) is 2.86. The topological polar surface area (TPSA) is 74.8 Å². The van der Waals surface area contributed by atoms with E-state index in [-0.39, 0.29) is 24.5 Å². The Balaban J connectivity index is 1.62. The van der Waals surface area contributed by atoms with Crippen molar-refractivity contribution >= 4 is 17.6 Å². The van der Waals surface area contributed by atoms with Crippen LogP contribution >= 0.6 is 0 Å². The summed E-state index contributed by atoms with van der Waals surface area (Å²) in [6.45, 7) is 2.37. The van der Waals surface area contributed by atoms with Crippen molar-refractivity contribution in [2.24, 2.45) is 0 Å². The number of rotatable bonds is 4. The van der Waals surface area contributed by atoms with Crippen molar-refractivity contribution in [3.05, 3.63) is 23.9 Å². The van der Waals surface area contributed by atoms with Gasteiger partial charge in [0, 0.05) is 26.6 Å². The molecule has 1 atom stereocenters. The second-order valence-electron chi connectivity index (χ2n) is 6.52. The van der Waals surface area contributed by atoms with Crippen LogP contribution < -0.4 is 5.32 Å². The van der Waals surface area contributed by atoms with E-state index in [4.69, 9.17) is 4.74 Å². The van der Waals surface area contributed by atoms with E-state index in [0.717, 1.165) is 30.8 Å². The molecule has 2 aliphatic heterocycles. The Morgan fingerprint density at radius 3 is 3.04 bits per heavy atom. The Bertz CT molecular complexity index is 622. The first-order valence-electron chi connectivity index (χ1n) is 8.99. The molecule has 1 aromatic rings. The molecule has 0 spiro atoms. The van der Waals surface area contributed by atoms with Gasteiger partial charge in [-0.15, -0.1) is 0 Å². The fraction of sp³-hybridized carbons (Fsp3) is 0.611. The number of carbonyl (C=O) groups excluding carboxylic acids is 2. The number of anilines is 1. The fourth-order valence-electron chi connectivity index (χ4n) is 3.29. The standard InChI is InChI=1S/C18H26N4O3/c1-19-16-7-5-6-14(20-16)15-12-22(10-11-25-15)18(24)13-21-9-4-2-3-8-17(21)23/h5-7,15H,2-4,8-13H2,1H3,(H,19,20)/t15-/m1/s1. The highest BCUT2D eigenvalue weighted by Crippen LogP contribution is 2.22. The third-order valence-corrected chi connectivity index (χ3v) is 4.77. The van der Waals surface area contributed by atoms with E-state index in [1.165, 1.54) is 0 Å². The zero-order valence-corrected chi connectivity index (χ0v) is 14.7. The molecule has 2 aliphatic rings. The van der Waals surface area contributed by atoms with Crippen LogP contribution in [0.4, 0.5) is 5.82 Å². The first kappa shape index (κ1) is 17.7. The zero-order valence-electron chi connectivity index (χ0n) is 14.7. The maximum atomic E-state index is 12.7. The molecule has 25 heavy (non-hydrogen) atoms. The molecule has 2 amide bonds. The number of amides is 2. The van der Waals surface area contributed by atoms with Crippen molar-refractivity contribution in [1.82, 2.24) is 14.8 Å². The lowest BCUT2D eigenvalue weighted by molar-refractivity contribution is -0.145. The number of hydrogen-bond donors (Lipinski definition) is 1. The first-order chi connectivity index (χ1) is 12.2. The largest absolute Gasteiger partial charge is 0.373 e. The van der Waals surface area contributed by atoms with Crippen molar-refractivity contribution in [1.29, 1.82) is 0 Å². The van der Waals surface area contributed by atoms with E-state index in [9.17, 15) is 9.59 Å². The summed E-state index contributed by atoms with van der Waals surface area (Å²) in [6.07, 6.45) is 3.29. The maximum Gasteiger partial charge on any atom is 0.242 e. The zero-order chi connectivity index (χ0) is 17.6. The third kappa shape index (κ3) is 4.48. The maximum absolute atomic E-state index is 12.7. The molecule has 0 aliphatic carbocycles. The van der Waals surface area contributed by atoms with Gasteiger partial charge in [0.15, 0.2) is 0 Å². The van der Waals surface area contributed by atoms with E-state index in [0.29, 0.717) is 32.7 Å². The molecule has 0 bridgehead atoms. The highest BCUT2D eigenvalue weighted by atomic mass is 16.5. The van der Waals surface area contributed by atoms with Crippen LogP contribution in [0.5, 0.6) is 0 Å². The molecule has 1 N–H and O–H groups in total. The molecule has 3 heterocycles. The van der Waals surface area contributed by atoms with Gasteiger partial charge in [-0.1, -0.05) is 12.5 Å². The number of nitrogens with one attached hydrogen (secondary N) is 1. The van der Waals surface area contributed by atoms with E-state index in [2.05, 4.69) is 10.3 Å².